The first-order valence-electron chi connectivity index (χ1n) is 3.79. The molecule has 1 saturated heterocycles. The lowest BCUT2D eigenvalue weighted by Crippen LogP contribution is -2.49. The highest BCUT2D eigenvalue weighted by Gasteiger charge is 2.25. The third-order valence-corrected chi connectivity index (χ3v) is 1.94. The molecule has 0 aliphatic carbocycles. The fourth-order valence-electron chi connectivity index (χ4n) is 1.29. The summed E-state index contributed by atoms with van der Waals surface area (Å²) in [7, 11) is 3.28. The van der Waals surface area contributed by atoms with Gasteiger partial charge in [0.15, 0.2) is 0 Å². The van der Waals surface area contributed by atoms with Gasteiger partial charge in [0.2, 0.25) is 0 Å². The summed E-state index contributed by atoms with van der Waals surface area (Å²) in [6.45, 7) is 0. The minimum absolute atomic E-state index is 0.0174. The number of methoxy groups -OCH3 is 2. The maximum absolute atomic E-state index is 7.54. The van der Waals surface area contributed by atoms with Crippen LogP contribution < -0.4 is 11.1 Å². The Morgan fingerprint density at radius 3 is 2.00 bits per heavy atom. The summed E-state index contributed by atoms with van der Waals surface area (Å²) in [4.78, 5) is 0. The lowest BCUT2D eigenvalue weighted by molar-refractivity contribution is -0.0473. The molecule has 1 radical (unpaired) electrons. The molecule has 1 fully saturated rings. The lowest BCUT2D eigenvalue weighted by atomic mass is 10.1. The summed E-state index contributed by atoms with van der Waals surface area (Å²) < 4.78 is 10.2. The number of nitrogens with one attached hydrogen (secondary N) is 2. The molecule has 1 rings (SSSR count). The molecule has 11 heavy (non-hydrogen) atoms. The van der Waals surface area contributed by atoms with Gasteiger partial charge in [-0.15, -0.1) is 0 Å². The molecule has 1 aliphatic heterocycles. The van der Waals surface area contributed by atoms with Gasteiger partial charge in [-0.05, 0) is 0 Å². The summed E-state index contributed by atoms with van der Waals surface area (Å²) >= 11 is 0. The van der Waals surface area contributed by atoms with Crippen molar-refractivity contribution in [3.8, 4) is 0 Å². The molecule has 0 saturated carbocycles. The summed E-state index contributed by atoms with van der Waals surface area (Å²) in [6.07, 6.45) is 1.46. The third-order valence-electron chi connectivity index (χ3n) is 1.94. The van der Waals surface area contributed by atoms with Crippen molar-refractivity contribution >= 4 is 0 Å². The van der Waals surface area contributed by atoms with Crippen LogP contribution in [0.5, 0.6) is 0 Å². The van der Waals surface area contributed by atoms with Crippen LogP contribution in [0.2, 0.25) is 0 Å². The minimum Gasteiger partial charge on any atom is -0.366 e. The fraction of sp³-hybridized carbons (Fsp3) is 1.00. The molecular formula is C7H15N2O2. The summed E-state index contributed by atoms with van der Waals surface area (Å²) in [5.74, 6) is 0. The Balaban J connectivity index is 2.37. The zero-order valence-electron chi connectivity index (χ0n) is 6.96. The van der Waals surface area contributed by atoms with E-state index in [-0.39, 0.29) is 18.5 Å². The van der Waals surface area contributed by atoms with E-state index in [9.17, 15) is 0 Å². The van der Waals surface area contributed by atoms with Crippen LogP contribution in [0.3, 0.4) is 0 Å². The molecule has 0 aromatic heterocycles. The highest BCUT2D eigenvalue weighted by molar-refractivity contribution is 4.77. The Bertz CT molecular complexity index is 109. The van der Waals surface area contributed by atoms with Crippen molar-refractivity contribution in [2.75, 3.05) is 14.2 Å². The number of hydrogen-bond acceptors (Lipinski definition) is 3. The molecule has 4 heteroatoms. The average Bonchev–Trinajstić information content (AvgIpc) is 2.03. The molecule has 4 nitrogen and oxygen atoms in total. The molecule has 0 aromatic rings. The first-order chi connectivity index (χ1) is 5.26. The molecule has 2 atom stereocenters. The zero-order valence-corrected chi connectivity index (χ0v) is 6.96. The fourth-order valence-corrected chi connectivity index (χ4v) is 1.29. The highest BCUT2D eigenvalue weighted by Crippen LogP contribution is 2.13. The second kappa shape index (κ2) is 4.01. The molecule has 0 spiro atoms. The van der Waals surface area contributed by atoms with Gasteiger partial charge in [0.25, 0.3) is 0 Å². The van der Waals surface area contributed by atoms with Crippen LogP contribution in [-0.4, -0.2) is 32.7 Å². The number of piperidine rings is 1. The molecule has 65 valence electrons. The molecule has 2 unspecified atom stereocenters. The van der Waals surface area contributed by atoms with E-state index in [1.807, 2.05) is 0 Å². The Labute approximate surface area is 67.0 Å². The lowest BCUT2D eigenvalue weighted by Gasteiger charge is -2.32. The number of hydrogen-bond donors (Lipinski definition) is 1. The van der Waals surface area contributed by atoms with Gasteiger partial charge in [0.1, 0.15) is 12.5 Å². The van der Waals surface area contributed by atoms with E-state index in [0.29, 0.717) is 0 Å². The van der Waals surface area contributed by atoms with Crippen molar-refractivity contribution in [2.45, 2.75) is 31.3 Å². The van der Waals surface area contributed by atoms with Gasteiger partial charge in [-0.25, -0.2) is 0 Å². The van der Waals surface area contributed by atoms with Gasteiger partial charge in [0.05, 0.1) is 0 Å². The van der Waals surface area contributed by atoms with E-state index in [1.54, 1.807) is 14.2 Å². The van der Waals surface area contributed by atoms with Gasteiger partial charge in [-0.2, -0.15) is 0 Å². The van der Waals surface area contributed by atoms with E-state index in [4.69, 9.17) is 15.2 Å². The highest BCUT2D eigenvalue weighted by atomic mass is 16.5. The maximum Gasteiger partial charge on any atom is 0.111 e. The van der Waals surface area contributed by atoms with Crippen molar-refractivity contribution in [3.05, 3.63) is 0 Å². The predicted octanol–water partition coefficient (Wildman–Crippen LogP) is -0.0337. The minimum atomic E-state index is -0.0638. The molecule has 1 heterocycles. The molecule has 2 N–H and O–H groups in total. The quantitative estimate of drug-likeness (QED) is 0.615. The van der Waals surface area contributed by atoms with Gasteiger partial charge < -0.3 is 9.47 Å². The standard InChI is InChI=1S/C7H15N2O2/c1-10-6-3-5(8)4-7(9-6)11-2/h5-9H,3-4H2,1-2H3. The molecular weight excluding hydrogens is 144 g/mol. The Morgan fingerprint density at radius 2 is 1.64 bits per heavy atom. The van der Waals surface area contributed by atoms with Gasteiger partial charge in [0, 0.05) is 33.1 Å². The van der Waals surface area contributed by atoms with Crippen LogP contribution in [0.4, 0.5) is 0 Å². The van der Waals surface area contributed by atoms with Crippen molar-refractivity contribution in [1.29, 1.82) is 0 Å². The van der Waals surface area contributed by atoms with Gasteiger partial charge in [-0.1, -0.05) is 0 Å². The smallest absolute Gasteiger partial charge is 0.111 e. The molecule has 0 bridgehead atoms. The van der Waals surface area contributed by atoms with Crippen molar-refractivity contribution in [2.24, 2.45) is 0 Å². The zero-order chi connectivity index (χ0) is 8.27. The van der Waals surface area contributed by atoms with E-state index >= 15 is 0 Å². The topological polar surface area (TPSA) is 54.3 Å². The van der Waals surface area contributed by atoms with Crippen LogP contribution in [0, 0.1) is 0 Å². The predicted molar refractivity (Wildman–Crippen MR) is 40.8 cm³/mol. The summed E-state index contributed by atoms with van der Waals surface area (Å²) in [6, 6.07) is -0.0638. The van der Waals surface area contributed by atoms with Crippen LogP contribution in [0.1, 0.15) is 12.8 Å². The molecule has 0 amide bonds. The largest absolute Gasteiger partial charge is 0.366 e. The van der Waals surface area contributed by atoms with Crippen LogP contribution in [0.15, 0.2) is 0 Å². The molecule has 1 aliphatic rings. The SMILES string of the molecule is COC1CC([NH])CC(OC)N1. The number of ether oxygens (including phenoxy) is 2. The maximum atomic E-state index is 7.54. The second-order valence-electron chi connectivity index (χ2n) is 2.78. The monoisotopic (exact) mass is 159 g/mol. The third kappa shape index (κ3) is 2.41. The normalized spacial score (nSPS) is 39.0. The van der Waals surface area contributed by atoms with Crippen molar-refractivity contribution in [1.82, 2.24) is 11.1 Å². The first kappa shape index (κ1) is 8.93. The second-order valence-corrected chi connectivity index (χ2v) is 2.78. The van der Waals surface area contributed by atoms with E-state index < -0.39 is 0 Å². The van der Waals surface area contributed by atoms with E-state index in [1.165, 1.54) is 0 Å². The van der Waals surface area contributed by atoms with Crippen molar-refractivity contribution < 1.29 is 9.47 Å². The Morgan fingerprint density at radius 1 is 1.18 bits per heavy atom. The van der Waals surface area contributed by atoms with E-state index in [2.05, 4.69) is 5.32 Å². The van der Waals surface area contributed by atoms with Gasteiger partial charge in [-0.3, -0.25) is 11.1 Å². The van der Waals surface area contributed by atoms with Crippen LogP contribution >= 0.6 is 0 Å². The van der Waals surface area contributed by atoms with Crippen molar-refractivity contribution in [3.63, 3.8) is 0 Å². The van der Waals surface area contributed by atoms with Gasteiger partial charge >= 0.3 is 0 Å². The summed E-state index contributed by atoms with van der Waals surface area (Å²) in [5, 5.41) is 3.12. The first-order valence-corrected chi connectivity index (χ1v) is 3.79. The Hall–Kier alpha value is -0.160. The van der Waals surface area contributed by atoms with Crippen LogP contribution in [0.25, 0.3) is 0 Å². The Kier molecular flexibility index (Phi) is 3.26. The van der Waals surface area contributed by atoms with Crippen LogP contribution in [-0.2, 0) is 9.47 Å². The summed E-state index contributed by atoms with van der Waals surface area (Å²) in [5.41, 5.74) is 7.54. The molecule has 0 aromatic carbocycles. The number of rotatable bonds is 2. The van der Waals surface area contributed by atoms with E-state index in [0.717, 1.165) is 12.8 Å². The average molecular weight is 159 g/mol.